The third-order valence-corrected chi connectivity index (χ3v) is 2.55. The molecule has 1 N–H and O–H groups in total. The maximum absolute atomic E-state index is 11.8. The molecule has 4 nitrogen and oxygen atoms in total. The summed E-state index contributed by atoms with van der Waals surface area (Å²) < 4.78 is 4.79. The van der Waals surface area contributed by atoms with E-state index in [9.17, 15) is 9.59 Å². The maximum Gasteiger partial charge on any atom is 0.330 e. The molecule has 4 heteroatoms. The summed E-state index contributed by atoms with van der Waals surface area (Å²) in [7, 11) is 0. The van der Waals surface area contributed by atoms with Gasteiger partial charge in [-0.2, -0.15) is 0 Å². The molecule has 0 heterocycles. The Morgan fingerprint density at radius 1 is 1.20 bits per heavy atom. The van der Waals surface area contributed by atoms with Gasteiger partial charge in [0.05, 0.1) is 6.61 Å². The molecule has 0 unspecified atom stereocenters. The zero-order chi connectivity index (χ0) is 15.2. The Hall–Kier alpha value is -2.10. The van der Waals surface area contributed by atoms with Crippen molar-refractivity contribution in [3.8, 4) is 0 Å². The molecular weight excluding hydrogens is 254 g/mol. The normalized spacial score (nSPS) is 11.4. The quantitative estimate of drug-likeness (QED) is 0.678. The van der Waals surface area contributed by atoms with Crippen molar-refractivity contribution in [1.82, 2.24) is 0 Å². The summed E-state index contributed by atoms with van der Waals surface area (Å²) in [6, 6.07) is 7.25. The maximum atomic E-state index is 11.8. The van der Waals surface area contributed by atoms with Gasteiger partial charge in [-0.15, -0.1) is 0 Å². The van der Waals surface area contributed by atoms with E-state index in [-0.39, 0.29) is 11.9 Å². The summed E-state index contributed by atoms with van der Waals surface area (Å²) >= 11 is 0. The number of amides is 1. The standard InChI is InChI=1S/C16H21NO3/c1-5-20-14(18)11-8-12-6-9-13(10-7-12)17-15(19)16(2,3)4/h6-11H,5H2,1-4H3,(H,17,19)/b11-8+. The largest absolute Gasteiger partial charge is 0.463 e. The smallest absolute Gasteiger partial charge is 0.330 e. The summed E-state index contributed by atoms with van der Waals surface area (Å²) in [6.07, 6.45) is 3.06. The van der Waals surface area contributed by atoms with Crippen LogP contribution < -0.4 is 5.32 Å². The zero-order valence-corrected chi connectivity index (χ0v) is 12.4. The van der Waals surface area contributed by atoms with Crippen LogP contribution in [-0.4, -0.2) is 18.5 Å². The van der Waals surface area contributed by atoms with Gasteiger partial charge in [-0.05, 0) is 30.7 Å². The molecular formula is C16H21NO3. The lowest BCUT2D eigenvalue weighted by Gasteiger charge is -2.17. The number of carbonyl (C=O) groups is 2. The van der Waals surface area contributed by atoms with Crippen molar-refractivity contribution < 1.29 is 14.3 Å². The van der Waals surface area contributed by atoms with Gasteiger partial charge in [0.1, 0.15) is 0 Å². The number of rotatable bonds is 4. The number of carbonyl (C=O) groups excluding carboxylic acids is 2. The van der Waals surface area contributed by atoms with Crippen LogP contribution in [0.3, 0.4) is 0 Å². The highest BCUT2D eigenvalue weighted by molar-refractivity contribution is 5.94. The fourth-order valence-corrected chi connectivity index (χ4v) is 1.35. The van der Waals surface area contributed by atoms with Gasteiger partial charge in [0.2, 0.25) is 5.91 Å². The third kappa shape index (κ3) is 5.26. The van der Waals surface area contributed by atoms with E-state index in [2.05, 4.69) is 5.32 Å². The van der Waals surface area contributed by atoms with Gasteiger partial charge in [-0.1, -0.05) is 32.9 Å². The molecule has 0 aliphatic heterocycles. The van der Waals surface area contributed by atoms with Crippen LogP contribution in [0.5, 0.6) is 0 Å². The van der Waals surface area contributed by atoms with E-state index < -0.39 is 5.41 Å². The van der Waals surface area contributed by atoms with Crippen molar-refractivity contribution in [2.24, 2.45) is 5.41 Å². The Bertz CT molecular complexity index is 495. The van der Waals surface area contributed by atoms with Gasteiger partial charge in [0, 0.05) is 17.2 Å². The van der Waals surface area contributed by atoms with Gasteiger partial charge in [0.25, 0.3) is 0 Å². The van der Waals surface area contributed by atoms with Gasteiger partial charge in [-0.3, -0.25) is 4.79 Å². The Labute approximate surface area is 119 Å². The van der Waals surface area contributed by atoms with E-state index in [1.807, 2.05) is 32.9 Å². The minimum absolute atomic E-state index is 0.0349. The first-order valence-electron chi connectivity index (χ1n) is 6.59. The average molecular weight is 275 g/mol. The molecule has 0 radical (unpaired) electrons. The summed E-state index contributed by atoms with van der Waals surface area (Å²) in [5.74, 6) is -0.398. The number of benzene rings is 1. The molecule has 1 aromatic carbocycles. The van der Waals surface area contributed by atoms with Crippen molar-refractivity contribution in [2.75, 3.05) is 11.9 Å². The average Bonchev–Trinajstić information content (AvgIpc) is 2.37. The second-order valence-corrected chi connectivity index (χ2v) is 5.41. The van der Waals surface area contributed by atoms with Crippen LogP contribution in [0.15, 0.2) is 30.3 Å². The lowest BCUT2D eigenvalue weighted by molar-refractivity contribution is -0.137. The Morgan fingerprint density at radius 2 is 1.80 bits per heavy atom. The molecule has 1 amide bonds. The molecule has 0 spiro atoms. The second kappa shape index (κ2) is 6.89. The molecule has 1 rings (SSSR count). The molecule has 0 saturated heterocycles. The Kier molecular flexibility index (Phi) is 5.50. The molecule has 0 bridgehead atoms. The number of hydrogen-bond acceptors (Lipinski definition) is 3. The van der Waals surface area contributed by atoms with E-state index in [0.29, 0.717) is 6.61 Å². The molecule has 1 aromatic rings. The van der Waals surface area contributed by atoms with Gasteiger partial charge < -0.3 is 10.1 Å². The monoisotopic (exact) mass is 275 g/mol. The van der Waals surface area contributed by atoms with Crippen LogP contribution in [0.2, 0.25) is 0 Å². The van der Waals surface area contributed by atoms with Crippen molar-refractivity contribution in [3.05, 3.63) is 35.9 Å². The lowest BCUT2D eigenvalue weighted by atomic mass is 9.95. The van der Waals surface area contributed by atoms with E-state index >= 15 is 0 Å². The molecule has 0 fully saturated rings. The second-order valence-electron chi connectivity index (χ2n) is 5.41. The highest BCUT2D eigenvalue weighted by Gasteiger charge is 2.20. The highest BCUT2D eigenvalue weighted by Crippen LogP contribution is 2.18. The van der Waals surface area contributed by atoms with Crippen molar-refractivity contribution in [2.45, 2.75) is 27.7 Å². The predicted octanol–water partition coefficient (Wildman–Crippen LogP) is 3.25. The van der Waals surface area contributed by atoms with Gasteiger partial charge in [0.15, 0.2) is 0 Å². The van der Waals surface area contributed by atoms with Crippen LogP contribution in [-0.2, 0) is 14.3 Å². The van der Waals surface area contributed by atoms with Gasteiger partial charge >= 0.3 is 5.97 Å². The molecule has 108 valence electrons. The first-order valence-corrected chi connectivity index (χ1v) is 6.59. The molecule has 0 aliphatic carbocycles. The van der Waals surface area contributed by atoms with E-state index in [4.69, 9.17) is 4.74 Å². The first-order chi connectivity index (χ1) is 9.32. The number of anilines is 1. The zero-order valence-electron chi connectivity index (χ0n) is 12.4. The minimum Gasteiger partial charge on any atom is -0.463 e. The number of hydrogen-bond donors (Lipinski definition) is 1. The summed E-state index contributed by atoms with van der Waals surface area (Å²) in [4.78, 5) is 23.0. The lowest BCUT2D eigenvalue weighted by Crippen LogP contribution is -2.27. The number of nitrogens with one attached hydrogen (secondary N) is 1. The molecule has 0 aromatic heterocycles. The van der Waals surface area contributed by atoms with E-state index in [1.165, 1.54) is 6.08 Å². The minimum atomic E-state index is -0.428. The Balaban J connectivity index is 2.65. The Morgan fingerprint density at radius 3 is 2.30 bits per heavy atom. The number of ether oxygens (including phenoxy) is 1. The topological polar surface area (TPSA) is 55.4 Å². The van der Waals surface area contributed by atoms with Crippen LogP contribution in [0.4, 0.5) is 5.69 Å². The summed E-state index contributed by atoms with van der Waals surface area (Å²) in [5.41, 5.74) is 1.17. The molecule has 0 saturated carbocycles. The molecule has 20 heavy (non-hydrogen) atoms. The van der Waals surface area contributed by atoms with Crippen LogP contribution in [0.1, 0.15) is 33.3 Å². The molecule has 0 aliphatic rings. The third-order valence-electron chi connectivity index (χ3n) is 2.55. The fourth-order valence-electron chi connectivity index (χ4n) is 1.35. The first kappa shape index (κ1) is 16.0. The number of esters is 1. The van der Waals surface area contributed by atoms with E-state index in [0.717, 1.165) is 11.3 Å². The van der Waals surface area contributed by atoms with Crippen LogP contribution in [0.25, 0.3) is 6.08 Å². The van der Waals surface area contributed by atoms with Crippen LogP contribution in [0, 0.1) is 5.41 Å². The van der Waals surface area contributed by atoms with Crippen molar-refractivity contribution >= 4 is 23.6 Å². The fraction of sp³-hybridized carbons (Fsp3) is 0.375. The highest BCUT2D eigenvalue weighted by atomic mass is 16.5. The SMILES string of the molecule is CCOC(=O)/C=C/c1ccc(NC(=O)C(C)(C)C)cc1. The van der Waals surface area contributed by atoms with Crippen LogP contribution >= 0.6 is 0 Å². The predicted molar refractivity (Wildman–Crippen MR) is 80.2 cm³/mol. The summed E-state index contributed by atoms with van der Waals surface area (Å²) in [6.45, 7) is 7.70. The van der Waals surface area contributed by atoms with E-state index in [1.54, 1.807) is 25.1 Å². The van der Waals surface area contributed by atoms with Crippen molar-refractivity contribution in [3.63, 3.8) is 0 Å². The van der Waals surface area contributed by atoms with Crippen molar-refractivity contribution in [1.29, 1.82) is 0 Å². The summed E-state index contributed by atoms with van der Waals surface area (Å²) in [5, 5.41) is 2.84. The molecule has 0 atom stereocenters. The van der Waals surface area contributed by atoms with Gasteiger partial charge in [-0.25, -0.2) is 4.79 Å².